The Morgan fingerprint density at radius 3 is 2.91 bits per heavy atom. The van der Waals surface area contributed by atoms with Gasteiger partial charge in [0.15, 0.2) is 0 Å². The maximum Gasteiger partial charge on any atom is 0.246 e. The van der Waals surface area contributed by atoms with Gasteiger partial charge in [-0.25, -0.2) is 12.8 Å². The summed E-state index contributed by atoms with van der Waals surface area (Å²) in [7, 11) is -2.05. The molecule has 1 atom stereocenters. The van der Waals surface area contributed by atoms with Crippen LogP contribution < -0.4 is 0 Å². The number of ether oxygens (including phenoxy) is 1. The zero-order valence-corrected chi connectivity index (χ0v) is 12.8. The molecule has 1 aliphatic rings. The number of aromatic nitrogens is 2. The molecule has 0 aliphatic carbocycles. The van der Waals surface area contributed by atoms with E-state index in [1.165, 1.54) is 33.5 Å². The Kier molecular flexibility index (Phi) is 3.98. The van der Waals surface area contributed by atoms with E-state index in [1.54, 1.807) is 19.2 Å². The molecule has 0 amide bonds. The molecule has 1 saturated heterocycles. The second-order valence-electron chi connectivity index (χ2n) is 5.11. The quantitative estimate of drug-likeness (QED) is 0.854. The second-order valence-corrected chi connectivity index (χ2v) is 7.00. The molecule has 1 aromatic carbocycles. The molecule has 0 bridgehead atoms. The maximum atomic E-state index is 13.4. The molecule has 118 valence electrons. The number of sulfonamides is 1. The van der Waals surface area contributed by atoms with Crippen LogP contribution in [-0.2, 0) is 21.8 Å². The third kappa shape index (κ3) is 2.77. The molecule has 6 nitrogen and oxygen atoms in total. The minimum Gasteiger partial charge on any atom is -0.378 e. The van der Waals surface area contributed by atoms with Crippen LogP contribution in [-0.4, -0.2) is 42.3 Å². The SMILES string of the molecule is Cn1cc(S(=O)(=O)N2CCOCC2c2cccc(F)c2)cn1. The van der Waals surface area contributed by atoms with Crippen molar-refractivity contribution in [2.45, 2.75) is 10.9 Å². The Balaban J connectivity index is 1.99. The summed E-state index contributed by atoms with van der Waals surface area (Å²) in [6.07, 6.45) is 2.76. The third-order valence-corrected chi connectivity index (χ3v) is 5.46. The molecule has 1 fully saturated rings. The summed E-state index contributed by atoms with van der Waals surface area (Å²) in [4.78, 5) is 0.123. The fourth-order valence-electron chi connectivity index (χ4n) is 2.52. The summed E-state index contributed by atoms with van der Waals surface area (Å²) in [5.41, 5.74) is 0.576. The summed E-state index contributed by atoms with van der Waals surface area (Å²) in [5, 5.41) is 3.91. The van der Waals surface area contributed by atoms with E-state index in [-0.39, 0.29) is 18.0 Å². The van der Waals surface area contributed by atoms with Crippen molar-refractivity contribution in [3.8, 4) is 0 Å². The van der Waals surface area contributed by atoms with Crippen LogP contribution in [0.3, 0.4) is 0 Å². The van der Waals surface area contributed by atoms with Gasteiger partial charge in [0.05, 0.1) is 25.5 Å². The van der Waals surface area contributed by atoms with Crippen LogP contribution >= 0.6 is 0 Å². The second kappa shape index (κ2) is 5.79. The van der Waals surface area contributed by atoms with Crippen molar-refractivity contribution in [3.05, 3.63) is 48.0 Å². The standard InChI is InChI=1S/C14H16FN3O3S/c1-17-9-13(8-16-17)22(19,20)18-5-6-21-10-14(18)11-3-2-4-12(15)7-11/h2-4,7-9,14H,5-6,10H2,1H3. The maximum absolute atomic E-state index is 13.4. The topological polar surface area (TPSA) is 64.4 Å². The monoisotopic (exact) mass is 325 g/mol. The number of benzene rings is 1. The van der Waals surface area contributed by atoms with Gasteiger partial charge in [-0.3, -0.25) is 4.68 Å². The van der Waals surface area contributed by atoms with Crippen LogP contribution in [0.5, 0.6) is 0 Å². The van der Waals surface area contributed by atoms with Crippen LogP contribution in [0.2, 0.25) is 0 Å². The number of morpholine rings is 1. The zero-order valence-electron chi connectivity index (χ0n) is 12.0. The lowest BCUT2D eigenvalue weighted by molar-refractivity contribution is 0.0320. The number of aryl methyl sites for hydroxylation is 1. The minimum atomic E-state index is -3.70. The predicted molar refractivity (Wildman–Crippen MR) is 77.1 cm³/mol. The van der Waals surface area contributed by atoms with E-state index < -0.39 is 21.9 Å². The summed E-state index contributed by atoms with van der Waals surface area (Å²) in [6, 6.07) is 5.38. The van der Waals surface area contributed by atoms with Crippen LogP contribution in [0.4, 0.5) is 4.39 Å². The molecule has 3 rings (SSSR count). The number of nitrogens with zero attached hydrogens (tertiary/aromatic N) is 3. The highest BCUT2D eigenvalue weighted by atomic mass is 32.2. The molecular formula is C14H16FN3O3S. The van der Waals surface area contributed by atoms with E-state index in [4.69, 9.17) is 4.74 Å². The highest BCUT2D eigenvalue weighted by Crippen LogP contribution is 2.30. The lowest BCUT2D eigenvalue weighted by atomic mass is 10.1. The van der Waals surface area contributed by atoms with Crippen molar-refractivity contribution in [2.75, 3.05) is 19.8 Å². The van der Waals surface area contributed by atoms with Gasteiger partial charge in [-0.2, -0.15) is 9.40 Å². The molecule has 1 aromatic heterocycles. The molecule has 22 heavy (non-hydrogen) atoms. The molecule has 1 aliphatic heterocycles. The first kappa shape index (κ1) is 15.1. The van der Waals surface area contributed by atoms with Gasteiger partial charge >= 0.3 is 0 Å². The fraction of sp³-hybridized carbons (Fsp3) is 0.357. The first-order chi connectivity index (χ1) is 10.5. The Hall–Kier alpha value is -1.77. The van der Waals surface area contributed by atoms with Gasteiger partial charge in [0.1, 0.15) is 10.7 Å². The lowest BCUT2D eigenvalue weighted by Gasteiger charge is -2.34. The van der Waals surface area contributed by atoms with Crippen LogP contribution in [0, 0.1) is 5.82 Å². The first-order valence-corrected chi connectivity index (χ1v) is 8.26. The van der Waals surface area contributed by atoms with E-state index in [1.807, 2.05) is 0 Å². The molecule has 1 unspecified atom stereocenters. The average molecular weight is 325 g/mol. The van der Waals surface area contributed by atoms with Crippen LogP contribution in [0.1, 0.15) is 11.6 Å². The Morgan fingerprint density at radius 1 is 1.41 bits per heavy atom. The van der Waals surface area contributed by atoms with Crippen molar-refractivity contribution in [2.24, 2.45) is 7.05 Å². The highest BCUT2D eigenvalue weighted by Gasteiger charge is 2.35. The molecule has 0 spiro atoms. The van der Waals surface area contributed by atoms with Crippen molar-refractivity contribution in [3.63, 3.8) is 0 Å². The van der Waals surface area contributed by atoms with Gasteiger partial charge in [0.2, 0.25) is 10.0 Å². The molecule has 0 radical (unpaired) electrons. The van der Waals surface area contributed by atoms with Crippen molar-refractivity contribution in [1.82, 2.24) is 14.1 Å². The van der Waals surface area contributed by atoms with Gasteiger partial charge in [-0.1, -0.05) is 12.1 Å². The summed E-state index contributed by atoms with van der Waals surface area (Å²) >= 11 is 0. The molecule has 0 saturated carbocycles. The smallest absolute Gasteiger partial charge is 0.246 e. The van der Waals surface area contributed by atoms with Gasteiger partial charge in [0.25, 0.3) is 0 Å². The number of rotatable bonds is 3. The highest BCUT2D eigenvalue weighted by molar-refractivity contribution is 7.89. The van der Waals surface area contributed by atoms with Gasteiger partial charge < -0.3 is 4.74 Å². The van der Waals surface area contributed by atoms with Crippen LogP contribution in [0.15, 0.2) is 41.6 Å². The van der Waals surface area contributed by atoms with Crippen LogP contribution in [0.25, 0.3) is 0 Å². The first-order valence-electron chi connectivity index (χ1n) is 6.82. The molecule has 0 N–H and O–H groups in total. The Bertz CT molecular complexity index is 775. The van der Waals surface area contributed by atoms with Gasteiger partial charge in [-0.05, 0) is 17.7 Å². The summed E-state index contributed by atoms with van der Waals surface area (Å²) < 4.78 is 47.2. The minimum absolute atomic E-state index is 0.123. The number of hydrogen-bond donors (Lipinski definition) is 0. The van der Waals surface area contributed by atoms with E-state index >= 15 is 0 Å². The van der Waals surface area contributed by atoms with Crippen molar-refractivity contribution >= 4 is 10.0 Å². The molecule has 2 heterocycles. The Labute approximate surface area is 128 Å². The van der Waals surface area contributed by atoms with E-state index in [0.717, 1.165) is 0 Å². The summed E-state index contributed by atoms with van der Waals surface area (Å²) in [5.74, 6) is -0.401. The van der Waals surface area contributed by atoms with Gasteiger partial charge in [0, 0.05) is 19.8 Å². The van der Waals surface area contributed by atoms with Crippen molar-refractivity contribution < 1.29 is 17.5 Å². The normalized spacial score (nSPS) is 20.2. The van der Waals surface area contributed by atoms with E-state index in [9.17, 15) is 12.8 Å². The lowest BCUT2D eigenvalue weighted by Crippen LogP contribution is -2.43. The predicted octanol–water partition coefficient (Wildman–Crippen LogP) is 1.32. The molecular weight excluding hydrogens is 309 g/mol. The number of hydrogen-bond acceptors (Lipinski definition) is 4. The number of halogens is 1. The molecule has 8 heteroatoms. The van der Waals surface area contributed by atoms with E-state index in [2.05, 4.69) is 5.10 Å². The average Bonchev–Trinajstić information content (AvgIpc) is 2.95. The third-order valence-electron chi connectivity index (χ3n) is 3.60. The zero-order chi connectivity index (χ0) is 15.7. The van der Waals surface area contributed by atoms with Gasteiger partial charge in [-0.15, -0.1) is 0 Å². The summed E-state index contributed by atoms with van der Waals surface area (Å²) in [6.45, 7) is 0.729. The van der Waals surface area contributed by atoms with Crippen molar-refractivity contribution in [1.29, 1.82) is 0 Å². The largest absolute Gasteiger partial charge is 0.378 e. The van der Waals surface area contributed by atoms with E-state index in [0.29, 0.717) is 12.2 Å². The Morgan fingerprint density at radius 2 is 2.23 bits per heavy atom. The fourth-order valence-corrected chi connectivity index (χ4v) is 4.09. The molecule has 2 aromatic rings.